The van der Waals surface area contributed by atoms with Crippen LogP contribution in [0.2, 0.25) is 0 Å². The largest absolute Gasteiger partial charge is 0.378 e. The molecule has 2 aliphatic heterocycles. The summed E-state index contributed by atoms with van der Waals surface area (Å²) in [6.07, 6.45) is 6.76. The zero-order valence-electron chi connectivity index (χ0n) is 12.5. The lowest BCUT2D eigenvalue weighted by atomic mass is 9.86. The first-order valence-corrected chi connectivity index (χ1v) is 7.76. The zero-order valence-corrected chi connectivity index (χ0v) is 12.5. The van der Waals surface area contributed by atoms with Crippen LogP contribution in [0.3, 0.4) is 0 Å². The highest BCUT2D eigenvalue weighted by Gasteiger charge is 2.45. The van der Waals surface area contributed by atoms with Gasteiger partial charge >= 0.3 is 0 Å². The second-order valence-electron chi connectivity index (χ2n) is 5.82. The topological polar surface area (TPSA) is 12.5 Å². The minimum absolute atomic E-state index is 0.752. The minimum Gasteiger partial charge on any atom is -0.378 e. The van der Waals surface area contributed by atoms with Crippen molar-refractivity contribution >= 4 is 0 Å². The third-order valence-corrected chi connectivity index (χ3v) is 4.86. The molecule has 2 heteroatoms. The summed E-state index contributed by atoms with van der Waals surface area (Å²) in [5, 5.41) is 0. The maximum atomic E-state index is 5.57. The molecule has 0 spiro atoms. The van der Waals surface area contributed by atoms with Crippen LogP contribution in [0.4, 0.5) is 0 Å². The summed E-state index contributed by atoms with van der Waals surface area (Å²) in [4.78, 5) is 2.77. The molecule has 2 unspecified atom stereocenters. The average Bonchev–Trinajstić information content (AvgIpc) is 2.58. The summed E-state index contributed by atoms with van der Waals surface area (Å²) >= 11 is 0. The SMILES string of the molecule is CC.CC1=C(C)CCC(N2C3COCC2C3)CC1. The van der Waals surface area contributed by atoms with Gasteiger partial charge in [0.15, 0.2) is 0 Å². The maximum absolute atomic E-state index is 5.57. The molecule has 0 aromatic carbocycles. The van der Waals surface area contributed by atoms with E-state index in [0.29, 0.717) is 0 Å². The van der Waals surface area contributed by atoms with Crippen LogP contribution >= 0.6 is 0 Å². The van der Waals surface area contributed by atoms with E-state index in [4.69, 9.17) is 4.74 Å². The van der Waals surface area contributed by atoms with E-state index >= 15 is 0 Å². The van der Waals surface area contributed by atoms with Gasteiger partial charge in [-0.3, -0.25) is 4.90 Å². The molecule has 2 saturated heterocycles. The number of nitrogens with zero attached hydrogens (tertiary/aromatic N) is 1. The summed E-state index contributed by atoms with van der Waals surface area (Å²) in [5.41, 5.74) is 3.29. The average molecular weight is 251 g/mol. The monoisotopic (exact) mass is 251 g/mol. The Morgan fingerprint density at radius 2 is 1.39 bits per heavy atom. The molecule has 2 nitrogen and oxygen atoms in total. The molecule has 0 N–H and O–H groups in total. The van der Waals surface area contributed by atoms with Crippen molar-refractivity contribution in [2.24, 2.45) is 0 Å². The van der Waals surface area contributed by atoms with Gasteiger partial charge in [-0.05, 0) is 46.0 Å². The minimum atomic E-state index is 0.752. The van der Waals surface area contributed by atoms with Gasteiger partial charge in [0.25, 0.3) is 0 Å². The molecule has 0 saturated carbocycles. The summed E-state index contributed by atoms with van der Waals surface area (Å²) in [7, 11) is 0. The lowest BCUT2D eigenvalue weighted by molar-refractivity contribution is -0.148. The fourth-order valence-electron chi connectivity index (χ4n) is 3.60. The van der Waals surface area contributed by atoms with Gasteiger partial charge in [-0.15, -0.1) is 0 Å². The Balaban J connectivity index is 0.000000574. The Bertz CT molecular complexity index is 280. The smallest absolute Gasteiger partial charge is 0.0623 e. The zero-order chi connectivity index (χ0) is 13.1. The third-order valence-electron chi connectivity index (χ3n) is 4.86. The van der Waals surface area contributed by atoms with E-state index in [-0.39, 0.29) is 0 Å². The van der Waals surface area contributed by atoms with Crippen LogP contribution < -0.4 is 0 Å². The summed E-state index contributed by atoms with van der Waals surface area (Å²) < 4.78 is 5.57. The second-order valence-corrected chi connectivity index (χ2v) is 5.82. The predicted molar refractivity (Wildman–Crippen MR) is 76.8 cm³/mol. The number of morpholine rings is 1. The van der Waals surface area contributed by atoms with Gasteiger partial charge in [0.2, 0.25) is 0 Å². The van der Waals surface area contributed by atoms with Crippen molar-refractivity contribution in [3.05, 3.63) is 11.1 Å². The number of fused-ring (bicyclic) bond motifs is 2. The second kappa shape index (κ2) is 6.21. The highest BCUT2D eigenvalue weighted by molar-refractivity contribution is 5.13. The molecule has 3 rings (SSSR count). The van der Waals surface area contributed by atoms with Gasteiger partial charge in [0, 0.05) is 18.1 Å². The van der Waals surface area contributed by atoms with Gasteiger partial charge < -0.3 is 4.74 Å². The Morgan fingerprint density at radius 3 is 1.83 bits per heavy atom. The number of allylic oxidation sites excluding steroid dienone is 2. The molecule has 2 atom stereocenters. The molecular weight excluding hydrogens is 222 g/mol. The molecular formula is C16H29NO. The van der Waals surface area contributed by atoms with Gasteiger partial charge in [0.05, 0.1) is 13.2 Å². The van der Waals surface area contributed by atoms with Crippen molar-refractivity contribution in [3.8, 4) is 0 Å². The fourth-order valence-corrected chi connectivity index (χ4v) is 3.60. The normalized spacial score (nSPS) is 33.3. The molecule has 0 amide bonds. The maximum Gasteiger partial charge on any atom is 0.0623 e. The van der Waals surface area contributed by atoms with E-state index in [1.165, 1.54) is 32.1 Å². The lowest BCUT2D eigenvalue weighted by Crippen LogP contribution is -2.66. The quantitative estimate of drug-likeness (QED) is 0.658. The Labute approximate surface area is 112 Å². The van der Waals surface area contributed by atoms with Gasteiger partial charge in [-0.2, -0.15) is 0 Å². The third kappa shape index (κ3) is 2.65. The first-order valence-electron chi connectivity index (χ1n) is 7.76. The predicted octanol–water partition coefficient (Wildman–Crippen LogP) is 3.76. The lowest BCUT2D eigenvalue weighted by Gasteiger charge is -2.56. The Kier molecular flexibility index (Phi) is 4.85. The van der Waals surface area contributed by atoms with Crippen LogP contribution in [0.1, 0.15) is 59.8 Å². The first kappa shape index (κ1) is 14.1. The van der Waals surface area contributed by atoms with E-state index in [9.17, 15) is 0 Å². The van der Waals surface area contributed by atoms with Crippen LogP contribution in [0.25, 0.3) is 0 Å². The van der Waals surface area contributed by atoms with Gasteiger partial charge in [-0.25, -0.2) is 0 Å². The van der Waals surface area contributed by atoms with E-state index in [2.05, 4.69) is 18.7 Å². The fraction of sp³-hybridized carbons (Fsp3) is 0.875. The molecule has 0 radical (unpaired) electrons. The number of rotatable bonds is 1. The number of hydrogen-bond donors (Lipinski definition) is 0. The van der Waals surface area contributed by atoms with Gasteiger partial charge in [0.1, 0.15) is 0 Å². The summed E-state index contributed by atoms with van der Waals surface area (Å²) in [6.45, 7) is 10.6. The van der Waals surface area contributed by atoms with Gasteiger partial charge in [-0.1, -0.05) is 25.0 Å². The Morgan fingerprint density at radius 1 is 0.889 bits per heavy atom. The van der Waals surface area contributed by atoms with Crippen LogP contribution in [0.15, 0.2) is 11.1 Å². The molecule has 1 aliphatic carbocycles. The highest BCUT2D eigenvalue weighted by Crippen LogP contribution is 2.37. The number of ether oxygens (including phenoxy) is 1. The molecule has 18 heavy (non-hydrogen) atoms. The molecule has 3 aliphatic rings. The molecule has 2 heterocycles. The van der Waals surface area contributed by atoms with E-state index in [1.807, 2.05) is 13.8 Å². The standard InChI is InChI=1S/C14H23NO.C2H6/c1-10-3-5-12(6-4-11(10)2)15-13-7-14(15)9-16-8-13;1-2/h12-14H,3-9H2,1-2H3;1-2H3. The summed E-state index contributed by atoms with van der Waals surface area (Å²) in [5.74, 6) is 0. The summed E-state index contributed by atoms with van der Waals surface area (Å²) in [6, 6.07) is 2.34. The van der Waals surface area contributed by atoms with Crippen molar-refractivity contribution in [1.82, 2.24) is 4.90 Å². The Hall–Kier alpha value is -0.340. The van der Waals surface area contributed by atoms with E-state index in [0.717, 1.165) is 31.3 Å². The van der Waals surface area contributed by atoms with E-state index in [1.54, 1.807) is 11.1 Å². The van der Waals surface area contributed by atoms with Crippen molar-refractivity contribution in [3.63, 3.8) is 0 Å². The van der Waals surface area contributed by atoms with Crippen LogP contribution in [-0.2, 0) is 4.74 Å². The van der Waals surface area contributed by atoms with Crippen LogP contribution in [0, 0.1) is 0 Å². The first-order chi connectivity index (χ1) is 8.75. The van der Waals surface area contributed by atoms with Crippen LogP contribution in [0.5, 0.6) is 0 Å². The molecule has 0 aromatic heterocycles. The molecule has 2 fully saturated rings. The van der Waals surface area contributed by atoms with Crippen molar-refractivity contribution in [2.45, 2.75) is 77.9 Å². The molecule has 2 bridgehead atoms. The van der Waals surface area contributed by atoms with Crippen molar-refractivity contribution in [2.75, 3.05) is 13.2 Å². The van der Waals surface area contributed by atoms with Crippen LogP contribution in [-0.4, -0.2) is 36.2 Å². The van der Waals surface area contributed by atoms with Crippen molar-refractivity contribution in [1.29, 1.82) is 0 Å². The molecule has 0 aromatic rings. The van der Waals surface area contributed by atoms with E-state index < -0.39 is 0 Å². The van der Waals surface area contributed by atoms with Crippen molar-refractivity contribution < 1.29 is 4.74 Å². The number of hydrogen-bond acceptors (Lipinski definition) is 2. The highest BCUT2D eigenvalue weighted by atomic mass is 16.5. The molecule has 104 valence electrons.